The van der Waals surface area contributed by atoms with E-state index in [-0.39, 0.29) is 25.0 Å². The summed E-state index contributed by atoms with van der Waals surface area (Å²) in [6, 6.07) is 0.0764. The molecule has 92 valence electrons. The van der Waals surface area contributed by atoms with Crippen LogP contribution in [0.1, 0.15) is 32.1 Å². The van der Waals surface area contributed by atoms with E-state index in [9.17, 15) is 9.59 Å². The predicted octanol–water partition coefficient (Wildman–Crippen LogP) is 0.879. The molecular weight excluding hydrogens is 210 g/mol. The summed E-state index contributed by atoms with van der Waals surface area (Å²) in [4.78, 5) is 24.0. The molecule has 1 fully saturated rings. The number of nitrogens with zero attached hydrogens (tertiary/aromatic N) is 1. The molecule has 0 aromatic heterocycles. The van der Waals surface area contributed by atoms with Gasteiger partial charge < -0.3 is 14.7 Å². The standard InChI is InChI=1S/C11H19NO4/c1-16-8-10(13)12-7-3-2-4-9(12)5-6-11(14)15/h9H,2-8H2,1H3,(H,14,15). The van der Waals surface area contributed by atoms with Crippen molar-refractivity contribution in [3.8, 4) is 0 Å². The fourth-order valence-electron chi connectivity index (χ4n) is 2.13. The SMILES string of the molecule is COCC(=O)N1CCCCC1CCC(=O)O. The second-order valence-electron chi connectivity index (χ2n) is 4.10. The van der Waals surface area contributed by atoms with Gasteiger partial charge >= 0.3 is 5.97 Å². The van der Waals surface area contributed by atoms with E-state index < -0.39 is 5.97 Å². The highest BCUT2D eigenvalue weighted by Gasteiger charge is 2.26. The first-order valence-corrected chi connectivity index (χ1v) is 5.65. The maximum atomic E-state index is 11.7. The van der Waals surface area contributed by atoms with Crippen molar-refractivity contribution < 1.29 is 19.4 Å². The lowest BCUT2D eigenvalue weighted by molar-refractivity contribution is -0.142. The number of ether oxygens (including phenoxy) is 1. The van der Waals surface area contributed by atoms with Crippen molar-refractivity contribution in [2.45, 2.75) is 38.1 Å². The van der Waals surface area contributed by atoms with E-state index >= 15 is 0 Å². The van der Waals surface area contributed by atoms with Crippen LogP contribution in [0.4, 0.5) is 0 Å². The molecule has 1 saturated heterocycles. The number of hydrogen-bond donors (Lipinski definition) is 1. The Bertz CT molecular complexity index is 254. The van der Waals surface area contributed by atoms with Crippen LogP contribution in [-0.2, 0) is 14.3 Å². The monoisotopic (exact) mass is 229 g/mol. The first kappa shape index (κ1) is 13.0. The number of carbonyl (C=O) groups excluding carboxylic acids is 1. The molecule has 0 radical (unpaired) electrons. The molecule has 0 spiro atoms. The highest BCUT2D eigenvalue weighted by atomic mass is 16.5. The molecule has 16 heavy (non-hydrogen) atoms. The van der Waals surface area contributed by atoms with Crippen LogP contribution >= 0.6 is 0 Å². The third-order valence-corrected chi connectivity index (χ3v) is 2.91. The first-order valence-electron chi connectivity index (χ1n) is 5.65. The largest absolute Gasteiger partial charge is 0.481 e. The Hall–Kier alpha value is -1.10. The van der Waals surface area contributed by atoms with Gasteiger partial charge in [0.25, 0.3) is 0 Å². The van der Waals surface area contributed by atoms with Crippen LogP contribution in [0.15, 0.2) is 0 Å². The molecule has 5 nitrogen and oxygen atoms in total. The van der Waals surface area contributed by atoms with Gasteiger partial charge in [0.2, 0.25) is 5.91 Å². The van der Waals surface area contributed by atoms with Crippen molar-refractivity contribution in [2.24, 2.45) is 0 Å². The number of piperidine rings is 1. The first-order chi connectivity index (χ1) is 7.65. The molecule has 1 aliphatic rings. The van der Waals surface area contributed by atoms with Crippen molar-refractivity contribution in [2.75, 3.05) is 20.3 Å². The van der Waals surface area contributed by atoms with Crippen molar-refractivity contribution in [3.05, 3.63) is 0 Å². The van der Waals surface area contributed by atoms with E-state index in [1.54, 1.807) is 4.90 Å². The van der Waals surface area contributed by atoms with Crippen LogP contribution in [0.25, 0.3) is 0 Å². The lowest BCUT2D eigenvalue weighted by Gasteiger charge is -2.35. The average Bonchev–Trinajstić information content (AvgIpc) is 2.27. The van der Waals surface area contributed by atoms with Crippen molar-refractivity contribution >= 4 is 11.9 Å². The summed E-state index contributed by atoms with van der Waals surface area (Å²) in [5.74, 6) is -0.831. The quantitative estimate of drug-likeness (QED) is 0.760. The van der Waals surface area contributed by atoms with Gasteiger partial charge in [0.05, 0.1) is 0 Å². The van der Waals surface area contributed by atoms with E-state index in [2.05, 4.69) is 0 Å². The number of aliphatic carboxylic acids is 1. The molecule has 1 N–H and O–H groups in total. The molecule has 0 aromatic carbocycles. The molecule has 1 unspecified atom stereocenters. The van der Waals surface area contributed by atoms with Crippen LogP contribution in [0.5, 0.6) is 0 Å². The molecule has 5 heteroatoms. The summed E-state index contributed by atoms with van der Waals surface area (Å²) >= 11 is 0. The van der Waals surface area contributed by atoms with E-state index in [0.717, 1.165) is 25.8 Å². The predicted molar refractivity (Wildman–Crippen MR) is 58.1 cm³/mol. The zero-order valence-corrected chi connectivity index (χ0v) is 9.65. The van der Waals surface area contributed by atoms with E-state index in [1.165, 1.54) is 7.11 Å². The number of rotatable bonds is 5. The topological polar surface area (TPSA) is 66.8 Å². The Balaban J connectivity index is 2.49. The minimum absolute atomic E-state index is 0.0300. The van der Waals surface area contributed by atoms with E-state index in [0.29, 0.717) is 6.42 Å². The number of carboxylic acid groups (broad SMARTS) is 1. The number of amides is 1. The van der Waals surface area contributed by atoms with Gasteiger partial charge in [-0.1, -0.05) is 0 Å². The van der Waals surface area contributed by atoms with Gasteiger partial charge in [0.15, 0.2) is 0 Å². The highest BCUT2D eigenvalue weighted by molar-refractivity contribution is 5.78. The number of likely N-dealkylation sites (tertiary alicyclic amines) is 1. The minimum atomic E-state index is -0.801. The van der Waals surface area contributed by atoms with Gasteiger partial charge in [-0.2, -0.15) is 0 Å². The van der Waals surface area contributed by atoms with Gasteiger partial charge in [-0.15, -0.1) is 0 Å². The van der Waals surface area contributed by atoms with Crippen LogP contribution in [0, 0.1) is 0 Å². The van der Waals surface area contributed by atoms with Gasteiger partial charge in [-0.05, 0) is 25.7 Å². The highest BCUT2D eigenvalue weighted by Crippen LogP contribution is 2.20. The van der Waals surface area contributed by atoms with Crippen LogP contribution < -0.4 is 0 Å². The molecule has 1 aliphatic heterocycles. The van der Waals surface area contributed by atoms with Crippen LogP contribution in [0.3, 0.4) is 0 Å². The molecule has 1 rings (SSSR count). The van der Waals surface area contributed by atoms with Gasteiger partial charge in [0, 0.05) is 26.1 Å². The molecule has 1 heterocycles. The number of methoxy groups -OCH3 is 1. The van der Waals surface area contributed by atoms with Gasteiger partial charge in [0.1, 0.15) is 6.61 Å². The summed E-state index contributed by atoms with van der Waals surface area (Å²) in [5.41, 5.74) is 0. The number of carbonyl (C=O) groups is 2. The fraction of sp³-hybridized carbons (Fsp3) is 0.818. The Morgan fingerprint density at radius 1 is 1.44 bits per heavy atom. The van der Waals surface area contributed by atoms with Gasteiger partial charge in [-0.25, -0.2) is 0 Å². The second kappa shape index (κ2) is 6.48. The third-order valence-electron chi connectivity index (χ3n) is 2.91. The molecule has 1 amide bonds. The minimum Gasteiger partial charge on any atom is -0.481 e. The van der Waals surface area contributed by atoms with Crippen molar-refractivity contribution in [3.63, 3.8) is 0 Å². The molecule has 0 aliphatic carbocycles. The smallest absolute Gasteiger partial charge is 0.303 e. The zero-order chi connectivity index (χ0) is 12.0. The Labute approximate surface area is 95.4 Å². The zero-order valence-electron chi connectivity index (χ0n) is 9.65. The summed E-state index contributed by atoms with van der Waals surface area (Å²) in [5, 5.41) is 8.64. The lowest BCUT2D eigenvalue weighted by atomic mass is 9.98. The number of hydrogen-bond acceptors (Lipinski definition) is 3. The third kappa shape index (κ3) is 3.81. The Morgan fingerprint density at radius 3 is 2.81 bits per heavy atom. The van der Waals surface area contributed by atoms with Crippen molar-refractivity contribution in [1.29, 1.82) is 0 Å². The molecule has 1 atom stereocenters. The van der Waals surface area contributed by atoms with E-state index in [1.807, 2.05) is 0 Å². The number of carboxylic acids is 1. The van der Waals surface area contributed by atoms with Crippen LogP contribution in [0.2, 0.25) is 0 Å². The maximum Gasteiger partial charge on any atom is 0.303 e. The fourth-order valence-corrected chi connectivity index (χ4v) is 2.13. The summed E-state index contributed by atoms with van der Waals surface area (Å²) in [7, 11) is 1.49. The average molecular weight is 229 g/mol. The Morgan fingerprint density at radius 2 is 2.19 bits per heavy atom. The summed E-state index contributed by atoms with van der Waals surface area (Å²) in [6.07, 6.45) is 3.65. The van der Waals surface area contributed by atoms with E-state index in [4.69, 9.17) is 9.84 Å². The summed E-state index contributed by atoms with van der Waals surface area (Å²) < 4.78 is 4.82. The molecule has 0 bridgehead atoms. The maximum absolute atomic E-state index is 11.7. The summed E-state index contributed by atoms with van der Waals surface area (Å²) in [6.45, 7) is 0.816. The lowest BCUT2D eigenvalue weighted by Crippen LogP contribution is -2.45. The normalized spacial score (nSPS) is 20.8. The van der Waals surface area contributed by atoms with Gasteiger partial charge in [-0.3, -0.25) is 9.59 Å². The second-order valence-corrected chi connectivity index (χ2v) is 4.10. The van der Waals surface area contributed by atoms with Crippen molar-refractivity contribution in [1.82, 2.24) is 4.90 Å². The Kier molecular flexibility index (Phi) is 5.25. The molecular formula is C11H19NO4. The molecule has 0 aromatic rings. The molecule has 0 saturated carbocycles. The van der Waals surface area contributed by atoms with Crippen LogP contribution in [-0.4, -0.2) is 48.2 Å².